The van der Waals surface area contributed by atoms with E-state index in [1.807, 2.05) is 18.2 Å². The van der Waals surface area contributed by atoms with Crippen molar-refractivity contribution in [2.45, 2.75) is 39.7 Å². The minimum Gasteiger partial charge on any atom is -0.372 e. The normalized spacial score (nSPS) is 14.3. The second kappa shape index (κ2) is 9.35. The van der Waals surface area contributed by atoms with Crippen LogP contribution in [0.15, 0.2) is 24.3 Å². The van der Waals surface area contributed by atoms with Gasteiger partial charge in [0, 0.05) is 11.6 Å². The Balaban J connectivity index is 2.61. The van der Waals surface area contributed by atoms with Gasteiger partial charge in [0.1, 0.15) is 0 Å². The van der Waals surface area contributed by atoms with Gasteiger partial charge in [-0.1, -0.05) is 50.9 Å². The van der Waals surface area contributed by atoms with Gasteiger partial charge in [0.2, 0.25) is 0 Å². The van der Waals surface area contributed by atoms with Crippen LogP contribution in [0.5, 0.6) is 0 Å². The Morgan fingerprint density at radius 1 is 1.32 bits per heavy atom. The molecule has 19 heavy (non-hydrogen) atoms. The zero-order valence-electron chi connectivity index (χ0n) is 12.3. The van der Waals surface area contributed by atoms with Gasteiger partial charge in [-0.25, -0.2) is 0 Å². The minimum absolute atomic E-state index is 0.0814. The summed E-state index contributed by atoms with van der Waals surface area (Å²) >= 11 is 6.06. The lowest BCUT2D eigenvalue weighted by molar-refractivity contribution is 0.0302. The van der Waals surface area contributed by atoms with E-state index in [0.29, 0.717) is 5.92 Å². The van der Waals surface area contributed by atoms with Crippen LogP contribution in [0.1, 0.15) is 45.3 Å². The molecule has 0 bridgehead atoms. The van der Waals surface area contributed by atoms with Gasteiger partial charge >= 0.3 is 0 Å². The summed E-state index contributed by atoms with van der Waals surface area (Å²) in [6.07, 6.45) is 2.50. The largest absolute Gasteiger partial charge is 0.372 e. The highest BCUT2D eigenvalue weighted by Crippen LogP contribution is 2.22. The summed E-state index contributed by atoms with van der Waals surface area (Å²) in [7, 11) is 0. The summed E-state index contributed by atoms with van der Waals surface area (Å²) in [4.78, 5) is 0. The smallest absolute Gasteiger partial charge is 0.0949 e. The molecule has 1 aromatic rings. The number of halogens is 1. The van der Waals surface area contributed by atoms with Gasteiger partial charge in [-0.3, -0.25) is 0 Å². The zero-order chi connectivity index (χ0) is 14.1. The number of likely N-dealkylation sites (N-methyl/N-ethyl adjacent to an activating group) is 1. The fourth-order valence-electron chi connectivity index (χ4n) is 2.11. The van der Waals surface area contributed by atoms with E-state index in [-0.39, 0.29) is 6.10 Å². The minimum atomic E-state index is 0.0814. The summed E-state index contributed by atoms with van der Waals surface area (Å²) in [6.45, 7) is 9.14. The molecule has 0 saturated carbocycles. The molecule has 3 heteroatoms. The molecule has 0 aromatic heterocycles. The van der Waals surface area contributed by atoms with Crippen molar-refractivity contribution in [1.82, 2.24) is 5.32 Å². The first kappa shape index (κ1) is 16.5. The molecule has 1 rings (SSSR count). The fraction of sp³-hybridized carbons (Fsp3) is 0.625. The van der Waals surface area contributed by atoms with E-state index in [4.69, 9.17) is 16.3 Å². The predicted octanol–water partition coefficient (Wildman–Crippen LogP) is 4.44. The maximum atomic E-state index is 6.08. The number of hydrogen-bond acceptors (Lipinski definition) is 2. The number of ether oxygens (including phenoxy) is 1. The topological polar surface area (TPSA) is 21.3 Å². The van der Waals surface area contributed by atoms with Crippen molar-refractivity contribution in [1.29, 1.82) is 0 Å². The van der Waals surface area contributed by atoms with Crippen molar-refractivity contribution >= 4 is 11.6 Å². The molecule has 0 spiro atoms. The van der Waals surface area contributed by atoms with E-state index >= 15 is 0 Å². The molecule has 1 aromatic carbocycles. The number of rotatable bonds is 9. The number of hydrogen-bond donors (Lipinski definition) is 1. The first-order valence-electron chi connectivity index (χ1n) is 7.25. The average Bonchev–Trinajstić information content (AvgIpc) is 2.39. The number of benzene rings is 1. The standard InChI is InChI=1S/C16H26ClNO/c1-4-7-13(3)12-19-16(11-18-5-2)14-8-6-9-15(17)10-14/h6,8-10,13,16,18H,4-5,7,11-12H2,1-3H3. The van der Waals surface area contributed by atoms with Gasteiger partial charge in [0.25, 0.3) is 0 Å². The molecule has 2 nitrogen and oxygen atoms in total. The molecule has 0 fully saturated rings. The average molecular weight is 284 g/mol. The van der Waals surface area contributed by atoms with Gasteiger partial charge in [0.15, 0.2) is 0 Å². The van der Waals surface area contributed by atoms with Crippen LogP contribution in [0.4, 0.5) is 0 Å². The molecule has 0 amide bonds. The van der Waals surface area contributed by atoms with Crippen LogP contribution >= 0.6 is 11.6 Å². The third-order valence-corrected chi connectivity index (χ3v) is 3.40. The van der Waals surface area contributed by atoms with Crippen LogP contribution < -0.4 is 5.32 Å². The quantitative estimate of drug-likeness (QED) is 0.723. The van der Waals surface area contributed by atoms with E-state index in [1.54, 1.807) is 0 Å². The highest BCUT2D eigenvalue weighted by atomic mass is 35.5. The van der Waals surface area contributed by atoms with Gasteiger partial charge in [0.05, 0.1) is 12.7 Å². The maximum Gasteiger partial charge on any atom is 0.0949 e. The molecule has 0 aliphatic heterocycles. The van der Waals surface area contributed by atoms with Crippen LogP contribution in [0.25, 0.3) is 0 Å². The molecular weight excluding hydrogens is 258 g/mol. The molecule has 2 unspecified atom stereocenters. The van der Waals surface area contributed by atoms with Crippen LogP contribution in [0.2, 0.25) is 5.02 Å². The Hall–Kier alpha value is -0.570. The van der Waals surface area contributed by atoms with Crippen LogP contribution in [-0.2, 0) is 4.74 Å². The van der Waals surface area contributed by atoms with Gasteiger partial charge < -0.3 is 10.1 Å². The summed E-state index contributed by atoms with van der Waals surface area (Å²) in [5.74, 6) is 0.605. The Morgan fingerprint density at radius 3 is 2.74 bits per heavy atom. The fourth-order valence-corrected chi connectivity index (χ4v) is 2.31. The van der Waals surface area contributed by atoms with Crippen LogP contribution in [0.3, 0.4) is 0 Å². The van der Waals surface area contributed by atoms with Crippen LogP contribution in [0, 0.1) is 5.92 Å². The third kappa shape index (κ3) is 6.42. The summed E-state index contributed by atoms with van der Waals surface area (Å²) in [5, 5.41) is 4.12. The van der Waals surface area contributed by atoms with E-state index < -0.39 is 0 Å². The van der Waals surface area contributed by atoms with E-state index in [0.717, 1.165) is 30.3 Å². The lowest BCUT2D eigenvalue weighted by Crippen LogP contribution is -2.24. The summed E-state index contributed by atoms with van der Waals surface area (Å²) < 4.78 is 6.08. The Morgan fingerprint density at radius 2 is 2.11 bits per heavy atom. The molecule has 1 N–H and O–H groups in total. The highest BCUT2D eigenvalue weighted by Gasteiger charge is 2.13. The molecule has 0 heterocycles. The third-order valence-electron chi connectivity index (χ3n) is 3.16. The SMILES string of the molecule is CCCC(C)COC(CNCC)c1cccc(Cl)c1. The monoisotopic (exact) mass is 283 g/mol. The predicted molar refractivity (Wildman–Crippen MR) is 82.8 cm³/mol. The van der Waals surface area contributed by atoms with Crippen molar-refractivity contribution in [3.05, 3.63) is 34.9 Å². The van der Waals surface area contributed by atoms with E-state index in [2.05, 4.69) is 32.2 Å². The van der Waals surface area contributed by atoms with Crippen molar-refractivity contribution in [3.63, 3.8) is 0 Å². The lowest BCUT2D eigenvalue weighted by Gasteiger charge is -2.21. The Kier molecular flexibility index (Phi) is 8.11. The first-order valence-corrected chi connectivity index (χ1v) is 7.62. The molecule has 108 valence electrons. The summed E-state index contributed by atoms with van der Waals surface area (Å²) in [5.41, 5.74) is 1.15. The van der Waals surface area contributed by atoms with Crippen LogP contribution in [-0.4, -0.2) is 19.7 Å². The molecule has 2 atom stereocenters. The zero-order valence-corrected chi connectivity index (χ0v) is 13.0. The Bertz CT molecular complexity index is 356. The van der Waals surface area contributed by atoms with Crippen molar-refractivity contribution < 1.29 is 4.74 Å². The van der Waals surface area contributed by atoms with E-state index in [1.165, 1.54) is 12.8 Å². The molecule has 0 aliphatic carbocycles. The first-order chi connectivity index (χ1) is 9.17. The second-order valence-corrected chi connectivity index (χ2v) is 5.51. The molecule has 0 radical (unpaired) electrons. The second-order valence-electron chi connectivity index (χ2n) is 5.08. The number of nitrogens with one attached hydrogen (secondary N) is 1. The molecular formula is C16H26ClNO. The van der Waals surface area contributed by atoms with Crippen molar-refractivity contribution in [2.75, 3.05) is 19.7 Å². The van der Waals surface area contributed by atoms with Crippen molar-refractivity contribution in [2.24, 2.45) is 5.92 Å². The Labute approximate surface area is 122 Å². The lowest BCUT2D eigenvalue weighted by atomic mass is 10.1. The highest BCUT2D eigenvalue weighted by molar-refractivity contribution is 6.30. The molecule has 0 saturated heterocycles. The van der Waals surface area contributed by atoms with Gasteiger partial charge in [-0.05, 0) is 36.6 Å². The molecule has 0 aliphatic rings. The maximum absolute atomic E-state index is 6.08. The van der Waals surface area contributed by atoms with Gasteiger partial charge in [-0.2, -0.15) is 0 Å². The van der Waals surface area contributed by atoms with E-state index in [9.17, 15) is 0 Å². The van der Waals surface area contributed by atoms with Crippen molar-refractivity contribution in [3.8, 4) is 0 Å². The van der Waals surface area contributed by atoms with Gasteiger partial charge in [-0.15, -0.1) is 0 Å². The summed E-state index contributed by atoms with van der Waals surface area (Å²) in [6, 6.07) is 7.96.